The number of amides is 1. The van der Waals surface area contributed by atoms with Gasteiger partial charge in [0.05, 0.1) is 16.7 Å². The van der Waals surface area contributed by atoms with E-state index in [4.69, 9.17) is 0 Å². The molecule has 0 unspecified atom stereocenters. The summed E-state index contributed by atoms with van der Waals surface area (Å²) >= 11 is 1.46. The van der Waals surface area contributed by atoms with Gasteiger partial charge in [0.15, 0.2) is 5.13 Å². The number of hydrogen-bond donors (Lipinski definition) is 1. The Bertz CT molecular complexity index is 1070. The number of imidazole rings is 1. The number of anilines is 1. The van der Waals surface area contributed by atoms with Crippen LogP contribution in [0.15, 0.2) is 34.4 Å². The molecule has 0 saturated carbocycles. The molecule has 4 rings (SSSR count). The molecule has 160 valence electrons. The fourth-order valence-electron chi connectivity index (χ4n) is 4.08. The first-order chi connectivity index (χ1) is 14.5. The molecule has 1 aliphatic rings. The lowest BCUT2D eigenvalue weighted by Crippen LogP contribution is -2.32. The summed E-state index contributed by atoms with van der Waals surface area (Å²) < 4.78 is 3.42. The zero-order valence-electron chi connectivity index (χ0n) is 17.6. The molecular weight excluding hydrogens is 398 g/mol. The molecule has 0 radical (unpaired) electrons. The van der Waals surface area contributed by atoms with Gasteiger partial charge in [0.25, 0.3) is 0 Å². The van der Waals surface area contributed by atoms with Crippen LogP contribution in [-0.4, -0.2) is 38.0 Å². The minimum Gasteiger partial charge on any atom is -0.302 e. The van der Waals surface area contributed by atoms with Crippen molar-refractivity contribution in [2.75, 3.05) is 18.4 Å². The topological polar surface area (TPSA) is 72.2 Å². The van der Waals surface area contributed by atoms with Crippen molar-refractivity contribution in [2.45, 2.75) is 52.7 Å². The quantitative estimate of drug-likeness (QED) is 0.626. The van der Waals surface area contributed by atoms with E-state index in [-0.39, 0.29) is 18.0 Å². The zero-order valence-corrected chi connectivity index (χ0v) is 18.5. The second kappa shape index (κ2) is 9.14. The minimum atomic E-state index is -0.122. The number of para-hydroxylation sites is 2. The number of thiazole rings is 1. The van der Waals surface area contributed by atoms with Gasteiger partial charge in [-0.3, -0.25) is 18.8 Å². The summed E-state index contributed by atoms with van der Waals surface area (Å²) in [6.45, 7) is 8.28. The van der Waals surface area contributed by atoms with Crippen molar-refractivity contribution >= 4 is 33.4 Å². The van der Waals surface area contributed by atoms with Crippen molar-refractivity contribution in [3.8, 4) is 0 Å². The Morgan fingerprint density at radius 2 is 1.90 bits per heavy atom. The van der Waals surface area contributed by atoms with Crippen LogP contribution in [0, 0.1) is 5.92 Å². The molecule has 3 aromatic rings. The molecule has 2 aromatic heterocycles. The summed E-state index contributed by atoms with van der Waals surface area (Å²) in [7, 11) is 0. The first-order valence-electron chi connectivity index (χ1n) is 10.7. The number of benzene rings is 1. The number of carbonyl (C=O) groups excluding carboxylic acids is 1. The largest absolute Gasteiger partial charge is 0.329 e. The molecule has 1 amide bonds. The van der Waals surface area contributed by atoms with Crippen molar-refractivity contribution < 1.29 is 4.79 Å². The van der Waals surface area contributed by atoms with E-state index in [2.05, 4.69) is 22.1 Å². The van der Waals surface area contributed by atoms with E-state index in [0.29, 0.717) is 18.2 Å². The number of nitrogens with zero attached hydrogens (tertiary/aromatic N) is 4. The standard InChI is InChI=1S/C22H29N5O2S/c1-3-26-18-6-4-5-7-19(18)27(22(26)29)13-10-20(28)24-21-23-17(15-30-21)14-25-11-8-16(2)9-12-25/h4-7,15-16H,3,8-14H2,1-2H3,(H,23,24,28). The van der Waals surface area contributed by atoms with E-state index >= 15 is 0 Å². The molecule has 7 nitrogen and oxygen atoms in total. The van der Waals surface area contributed by atoms with Crippen LogP contribution in [0.2, 0.25) is 0 Å². The van der Waals surface area contributed by atoms with Crippen LogP contribution >= 0.6 is 11.3 Å². The average molecular weight is 428 g/mol. The van der Waals surface area contributed by atoms with Crippen molar-refractivity contribution in [2.24, 2.45) is 5.92 Å². The molecule has 8 heteroatoms. The molecule has 1 aromatic carbocycles. The first-order valence-corrected chi connectivity index (χ1v) is 11.6. The van der Waals surface area contributed by atoms with Crippen molar-refractivity contribution in [1.29, 1.82) is 0 Å². The molecule has 0 bridgehead atoms. The predicted molar refractivity (Wildman–Crippen MR) is 121 cm³/mol. The maximum absolute atomic E-state index is 12.7. The number of aromatic nitrogens is 3. The summed E-state index contributed by atoms with van der Waals surface area (Å²) in [5.41, 5.74) is 2.71. The number of piperidine rings is 1. The smallest absolute Gasteiger partial charge is 0.302 e. The number of likely N-dealkylation sites (tertiary alicyclic amines) is 1. The third-order valence-corrected chi connectivity index (χ3v) is 6.67. The number of nitrogens with one attached hydrogen (secondary N) is 1. The van der Waals surface area contributed by atoms with E-state index in [1.165, 1.54) is 24.2 Å². The van der Waals surface area contributed by atoms with Gasteiger partial charge in [-0.25, -0.2) is 9.78 Å². The van der Waals surface area contributed by atoms with Gasteiger partial charge < -0.3 is 5.32 Å². The van der Waals surface area contributed by atoms with Gasteiger partial charge >= 0.3 is 5.69 Å². The Morgan fingerprint density at radius 3 is 2.60 bits per heavy atom. The summed E-state index contributed by atoms with van der Waals surface area (Å²) in [6.07, 6.45) is 2.71. The second-order valence-electron chi connectivity index (χ2n) is 8.07. The Morgan fingerprint density at radius 1 is 1.20 bits per heavy atom. The molecule has 3 heterocycles. The van der Waals surface area contributed by atoms with Crippen LogP contribution in [0.3, 0.4) is 0 Å². The molecular formula is C22H29N5O2S. The first kappa shape index (κ1) is 20.8. The molecule has 0 spiro atoms. The highest BCUT2D eigenvalue weighted by Gasteiger charge is 2.17. The number of hydrogen-bond acceptors (Lipinski definition) is 5. The number of aryl methyl sites for hydroxylation is 2. The number of fused-ring (bicyclic) bond motifs is 1. The van der Waals surface area contributed by atoms with E-state index in [0.717, 1.165) is 42.3 Å². The van der Waals surface area contributed by atoms with Crippen LogP contribution in [0.5, 0.6) is 0 Å². The Labute approximate surface area is 180 Å². The van der Waals surface area contributed by atoms with E-state index in [9.17, 15) is 9.59 Å². The van der Waals surface area contributed by atoms with Gasteiger partial charge in [0, 0.05) is 31.4 Å². The van der Waals surface area contributed by atoms with Crippen molar-refractivity contribution in [3.05, 3.63) is 45.8 Å². The average Bonchev–Trinajstić information content (AvgIpc) is 3.29. The monoisotopic (exact) mass is 427 g/mol. The predicted octanol–water partition coefficient (Wildman–Crippen LogP) is 3.54. The summed E-state index contributed by atoms with van der Waals surface area (Å²) in [5, 5.41) is 5.54. The van der Waals surface area contributed by atoms with Crippen LogP contribution in [-0.2, 0) is 24.4 Å². The molecule has 0 atom stereocenters. The Balaban J connectivity index is 1.35. The maximum atomic E-state index is 12.7. The Hall–Kier alpha value is -2.45. The second-order valence-corrected chi connectivity index (χ2v) is 8.93. The fraction of sp³-hybridized carbons (Fsp3) is 0.500. The lowest BCUT2D eigenvalue weighted by Gasteiger charge is -2.29. The molecule has 1 N–H and O–H groups in total. The van der Waals surface area contributed by atoms with Gasteiger partial charge in [-0.05, 0) is 50.9 Å². The highest BCUT2D eigenvalue weighted by atomic mass is 32.1. The summed E-state index contributed by atoms with van der Waals surface area (Å²) in [5.74, 6) is 0.688. The van der Waals surface area contributed by atoms with E-state index in [1.54, 1.807) is 9.13 Å². The van der Waals surface area contributed by atoms with Gasteiger partial charge in [0.1, 0.15) is 0 Å². The molecule has 0 aliphatic carbocycles. The lowest BCUT2D eigenvalue weighted by molar-refractivity contribution is -0.116. The van der Waals surface area contributed by atoms with Crippen molar-refractivity contribution in [1.82, 2.24) is 19.0 Å². The molecule has 1 aliphatic heterocycles. The summed E-state index contributed by atoms with van der Waals surface area (Å²) in [4.78, 5) is 32.2. The third-order valence-electron chi connectivity index (χ3n) is 5.86. The van der Waals surface area contributed by atoms with Crippen LogP contribution in [0.1, 0.15) is 38.8 Å². The number of rotatable bonds is 7. The zero-order chi connectivity index (χ0) is 21.1. The Kier molecular flexibility index (Phi) is 6.34. The third kappa shape index (κ3) is 4.49. The van der Waals surface area contributed by atoms with Crippen LogP contribution in [0.25, 0.3) is 11.0 Å². The van der Waals surface area contributed by atoms with E-state index in [1.807, 2.05) is 36.6 Å². The van der Waals surface area contributed by atoms with Gasteiger partial charge in [-0.2, -0.15) is 0 Å². The highest BCUT2D eigenvalue weighted by Crippen LogP contribution is 2.21. The van der Waals surface area contributed by atoms with Crippen molar-refractivity contribution in [3.63, 3.8) is 0 Å². The molecule has 1 fully saturated rings. The van der Waals surface area contributed by atoms with Gasteiger partial charge in [0.2, 0.25) is 5.91 Å². The maximum Gasteiger partial charge on any atom is 0.329 e. The summed E-state index contributed by atoms with van der Waals surface area (Å²) in [6, 6.07) is 7.71. The van der Waals surface area contributed by atoms with E-state index < -0.39 is 0 Å². The normalized spacial score (nSPS) is 15.7. The van der Waals surface area contributed by atoms with Gasteiger partial charge in [-0.15, -0.1) is 11.3 Å². The lowest BCUT2D eigenvalue weighted by atomic mass is 9.99. The SMILES string of the molecule is CCn1c(=O)n(CCC(=O)Nc2nc(CN3CCC(C)CC3)cs2)c2ccccc21. The highest BCUT2D eigenvalue weighted by molar-refractivity contribution is 7.13. The fourth-order valence-corrected chi connectivity index (χ4v) is 4.79. The van der Waals surface area contributed by atoms with Crippen LogP contribution in [0.4, 0.5) is 5.13 Å². The minimum absolute atomic E-state index is 0.0705. The molecule has 30 heavy (non-hydrogen) atoms. The van der Waals surface area contributed by atoms with Gasteiger partial charge in [-0.1, -0.05) is 19.1 Å². The molecule has 1 saturated heterocycles. The number of carbonyl (C=O) groups is 1. The van der Waals surface area contributed by atoms with Crippen LogP contribution < -0.4 is 11.0 Å².